The van der Waals surface area contributed by atoms with Crippen LogP contribution in [0.1, 0.15) is 12.0 Å². The fraction of sp³-hybridized carbons (Fsp3) is 0.250. The molecular weight excluding hydrogens is 190 g/mol. The lowest BCUT2D eigenvalue weighted by Crippen LogP contribution is -2.09. The highest BCUT2D eigenvalue weighted by Crippen LogP contribution is 2.33. The Balaban J connectivity index is 2.15. The smallest absolute Gasteiger partial charge is 0.124 e. The van der Waals surface area contributed by atoms with E-state index in [-0.39, 0.29) is 0 Å². The van der Waals surface area contributed by atoms with Gasteiger partial charge in [-0.15, -0.1) is 0 Å². The fourth-order valence-electron chi connectivity index (χ4n) is 1.98. The van der Waals surface area contributed by atoms with E-state index in [1.165, 1.54) is 5.56 Å². The Morgan fingerprint density at radius 3 is 3.07 bits per heavy atom. The molecule has 0 aliphatic carbocycles. The van der Waals surface area contributed by atoms with Gasteiger partial charge in [0.15, 0.2) is 0 Å². The lowest BCUT2D eigenvalue weighted by molar-refractivity contribution is 0.288. The number of fused-ring (bicyclic) bond motifs is 1. The van der Waals surface area contributed by atoms with Gasteiger partial charge in [0.25, 0.3) is 0 Å². The van der Waals surface area contributed by atoms with E-state index in [1.54, 1.807) is 6.26 Å². The molecule has 3 heteroatoms. The maximum absolute atomic E-state index is 5.60. The average molecular weight is 201 g/mol. The van der Waals surface area contributed by atoms with Crippen LogP contribution in [-0.4, -0.2) is 11.8 Å². The second-order valence-electron chi connectivity index (χ2n) is 3.62. The second-order valence-corrected chi connectivity index (χ2v) is 3.62. The van der Waals surface area contributed by atoms with E-state index in [9.17, 15) is 0 Å². The zero-order chi connectivity index (χ0) is 10.1. The lowest BCUT2D eigenvalue weighted by Gasteiger charge is -2.19. The molecule has 0 fully saturated rings. The molecule has 0 radical (unpaired) electrons. The largest absolute Gasteiger partial charge is 0.493 e. The zero-order valence-electron chi connectivity index (χ0n) is 8.27. The van der Waals surface area contributed by atoms with Gasteiger partial charge in [-0.3, -0.25) is 0 Å². The van der Waals surface area contributed by atoms with Gasteiger partial charge in [-0.2, -0.15) is 0 Å². The van der Waals surface area contributed by atoms with E-state index in [0.29, 0.717) is 0 Å². The molecule has 76 valence electrons. The van der Waals surface area contributed by atoms with Gasteiger partial charge in [-0.1, -0.05) is 17.3 Å². The van der Waals surface area contributed by atoms with E-state index < -0.39 is 0 Å². The van der Waals surface area contributed by atoms with Gasteiger partial charge < -0.3 is 9.26 Å². The molecule has 0 unspecified atom stereocenters. The van der Waals surface area contributed by atoms with Crippen molar-refractivity contribution in [2.75, 3.05) is 6.61 Å². The van der Waals surface area contributed by atoms with Gasteiger partial charge in [0.05, 0.1) is 6.61 Å². The van der Waals surface area contributed by atoms with E-state index in [0.717, 1.165) is 36.5 Å². The van der Waals surface area contributed by atoms with Crippen molar-refractivity contribution in [2.24, 2.45) is 0 Å². The molecule has 0 saturated heterocycles. The monoisotopic (exact) mass is 201 g/mol. The van der Waals surface area contributed by atoms with Gasteiger partial charge in [0.1, 0.15) is 17.7 Å². The highest BCUT2D eigenvalue weighted by atomic mass is 16.5. The summed E-state index contributed by atoms with van der Waals surface area (Å²) in [6.45, 7) is 0.815. The molecule has 3 nitrogen and oxygen atoms in total. The fourth-order valence-corrected chi connectivity index (χ4v) is 1.98. The van der Waals surface area contributed by atoms with Crippen LogP contribution in [0.5, 0.6) is 5.75 Å². The Labute approximate surface area is 87.7 Å². The number of hydrogen-bond donors (Lipinski definition) is 0. The van der Waals surface area contributed by atoms with E-state index in [2.05, 4.69) is 11.2 Å². The van der Waals surface area contributed by atoms with E-state index in [4.69, 9.17) is 9.26 Å². The van der Waals surface area contributed by atoms with Crippen molar-refractivity contribution < 1.29 is 9.26 Å². The summed E-state index contributed by atoms with van der Waals surface area (Å²) in [6.07, 6.45) is 3.72. The molecule has 0 bridgehead atoms. The van der Waals surface area contributed by atoms with Crippen LogP contribution in [-0.2, 0) is 6.42 Å². The predicted octanol–water partition coefficient (Wildman–Crippen LogP) is 2.67. The van der Waals surface area contributed by atoms with Gasteiger partial charge >= 0.3 is 0 Å². The minimum atomic E-state index is 0.815. The Kier molecular flexibility index (Phi) is 1.95. The summed E-state index contributed by atoms with van der Waals surface area (Å²) >= 11 is 0. The highest BCUT2D eigenvalue weighted by molar-refractivity contribution is 5.66. The predicted molar refractivity (Wildman–Crippen MR) is 55.8 cm³/mol. The molecule has 0 saturated carbocycles. The Hall–Kier alpha value is -1.77. The van der Waals surface area contributed by atoms with Crippen LogP contribution < -0.4 is 4.74 Å². The van der Waals surface area contributed by atoms with Crippen LogP contribution in [0.2, 0.25) is 0 Å². The normalized spacial score (nSPS) is 14.4. The van der Waals surface area contributed by atoms with Crippen molar-refractivity contribution in [3.05, 3.63) is 36.1 Å². The summed E-state index contributed by atoms with van der Waals surface area (Å²) in [5.41, 5.74) is 3.26. The number of nitrogens with zero attached hydrogens (tertiary/aromatic N) is 1. The van der Waals surface area contributed by atoms with Crippen molar-refractivity contribution in [3.8, 4) is 17.0 Å². The Bertz CT molecular complexity index is 462. The minimum Gasteiger partial charge on any atom is -0.493 e. The molecule has 1 aliphatic heterocycles. The zero-order valence-corrected chi connectivity index (χ0v) is 8.27. The maximum atomic E-state index is 5.60. The van der Waals surface area contributed by atoms with Gasteiger partial charge in [0.2, 0.25) is 0 Å². The quantitative estimate of drug-likeness (QED) is 0.711. The van der Waals surface area contributed by atoms with Gasteiger partial charge in [0, 0.05) is 17.2 Å². The van der Waals surface area contributed by atoms with Crippen molar-refractivity contribution in [1.29, 1.82) is 0 Å². The second kappa shape index (κ2) is 3.42. The Morgan fingerprint density at radius 2 is 2.20 bits per heavy atom. The molecule has 2 heterocycles. The van der Waals surface area contributed by atoms with Crippen LogP contribution in [0.25, 0.3) is 11.3 Å². The summed E-state index contributed by atoms with van der Waals surface area (Å²) in [6, 6.07) is 7.95. The third kappa shape index (κ3) is 1.40. The molecule has 0 atom stereocenters. The first-order valence-corrected chi connectivity index (χ1v) is 5.10. The summed E-state index contributed by atoms with van der Waals surface area (Å²) in [7, 11) is 0. The van der Waals surface area contributed by atoms with Crippen molar-refractivity contribution in [1.82, 2.24) is 5.16 Å². The Morgan fingerprint density at radius 1 is 1.20 bits per heavy atom. The van der Waals surface area contributed by atoms with E-state index >= 15 is 0 Å². The molecule has 1 aromatic heterocycles. The first kappa shape index (κ1) is 8.53. The van der Waals surface area contributed by atoms with Crippen molar-refractivity contribution >= 4 is 0 Å². The summed E-state index contributed by atoms with van der Waals surface area (Å²) in [5, 5.41) is 3.96. The summed E-state index contributed by atoms with van der Waals surface area (Å²) in [5.74, 6) is 0.988. The number of rotatable bonds is 1. The van der Waals surface area contributed by atoms with E-state index in [1.807, 2.05) is 18.2 Å². The molecule has 3 rings (SSSR count). The van der Waals surface area contributed by atoms with Crippen LogP contribution in [0.15, 0.2) is 35.1 Å². The molecule has 1 aliphatic rings. The van der Waals surface area contributed by atoms with Gasteiger partial charge in [-0.05, 0) is 18.9 Å². The third-order valence-corrected chi connectivity index (χ3v) is 2.68. The van der Waals surface area contributed by atoms with Crippen LogP contribution in [0.3, 0.4) is 0 Å². The van der Waals surface area contributed by atoms with Crippen LogP contribution in [0, 0.1) is 0 Å². The first-order chi connectivity index (χ1) is 7.45. The van der Waals surface area contributed by atoms with Gasteiger partial charge in [-0.25, -0.2) is 0 Å². The van der Waals surface area contributed by atoms with Crippen molar-refractivity contribution in [2.45, 2.75) is 12.8 Å². The summed E-state index contributed by atoms with van der Waals surface area (Å²) < 4.78 is 10.5. The molecule has 0 amide bonds. The molecule has 2 aromatic rings. The lowest BCUT2D eigenvalue weighted by atomic mass is 9.98. The number of ether oxygens (including phenoxy) is 1. The maximum Gasteiger partial charge on any atom is 0.124 e. The highest BCUT2D eigenvalue weighted by Gasteiger charge is 2.16. The average Bonchev–Trinajstić information content (AvgIpc) is 2.82. The topological polar surface area (TPSA) is 35.3 Å². The SMILES string of the molecule is c1cc2c(c(-c3ccon3)c1)CCCO2. The first-order valence-electron chi connectivity index (χ1n) is 5.10. The number of aromatic nitrogens is 1. The summed E-state index contributed by atoms with van der Waals surface area (Å²) in [4.78, 5) is 0. The van der Waals surface area contributed by atoms with Crippen LogP contribution in [0.4, 0.5) is 0 Å². The van der Waals surface area contributed by atoms with Crippen molar-refractivity contribution in [3.63, 3.8) is 0 Å². The number of benzene rings is 1. The van der Waals surface area contributed by atoms with Crippen LogP contribution >= 0.6 is 0 Å². The molecule has 15 heavy (non-hydrogen) atoms. The minimum absolute atomic E-state index is 0.815. The standard InChI is InChI=1S/C12H11NO2/c1-3-9(11-6-8-15-13-11)10-4-2-7-14-12(10)5-1/h1,3,5-6,8H,2,4,7H2. The third-order valence-electron chi connectivity index (χ3n) is 2.68. The molecule has 0 spiro atoms. The molecular formula is C12H11NO2. The number of hydrogen-bond acceptors (Lipinski definition) is 3. The molecule has 1 aromatic carbocycles. The molecule has 0 N–H and O–H groups in total.